The van der Waals surface area contributed by atoms with Gasteiger partial charge in [0.05, 0.1) is 24.3 Å². The molecule has 7 heteroatoms. The van der Waals surface area contributed by atoms with Gasteiger partial charge in [-0.2, -0.15) is 10.2 Å². The monoisotopic (exact) mass is 338 g/mol. The zero-order valence-corrected chi connectivity index (χ0v) is 14.5. The first kappa shape index (κ1) is 15.8. The summed E-state index contributed by atoms with van der Waals surface area (Å²) in [6.07, 6.45) is 9.20. The molecular formula is C18H22N6O. The molecule has 1 aliphatic rings. The van der Waals surface area contributed by atoms with Gasteiger partial charge in [-0.15, -0.1) is 0 Å². The van der Waals surface area contributed by atoms with Crippen molar-refractivity contribution in [3.63, 3.8) is 0 Å². The average molecular weight is 338 g/mol. The molecule has 3 aromatic rings. The van der Waals surface area contributed by atoms with Crippen molar-refractivity contribution >= 4 is 16.9 Å². The molecule has 1 amide bonds. The molecule has 0 aliphatic carbocycles. The third kappa shape index (κ3) is 2.90. The van der Waals surface area contributed by atoms with Crippen LogP contribution in [0, 0.1) is 0 Å². The zero-order chi connectivity index (χ0) is 17.4. The van der Waals surface area contributed by atoms with Gasteiger partial charge in [-0.1, -0.05) is 0 Å². The van der Waals surface area contributed by atoms with Gasteiger partial charge in [0.1, 0.15) is 0 Å². The van der Waals surface area contributed by atoms with Crippen LogP contribution in [0.2, 0.25) is 0 Å². The van der Waals surface area contributed by atoms with Crippen molar-refractivity contribution < 1.29 is 4.79 Å². The van der Waals surface area contributed by atoms with E-state index in [0.717, 1.165) is 37.0 Å². The van der Waals surface area contributed by atoms with Crippen LogP contribution in [0.5, 0.6) is 0 Å². The molecule has 1 saturated heterocycles. The van der Waals surface area contributed by atoms with Crippen molar-refractivity contribution in [2.45, 2.75) is 45.3 Å². The van der Waals surface area contributed by atoms with E-state index in [1.807, 2.05) is 32.6 Å². The lowest BCUT2D eigenvalue weighted by Gasteiger charge is -2.24. The van der Waals surface area contributed by atoms with E-state index in [1.165, 1.54) is 0 Å². The summed E-state index contributed by atoms with van der Waals surface area (Å²) in [6, 6.07) is 4.23. The standard InChI is InChI=1S/C18H22N6O/c1-13(2)24-17-14(11-21-24)9-15(10-19-17)18(25)23-8-3-5-16(23)12-22-7-4-6-20-22/h4,6-7,9-11,13,16H,3,5,8,12H2,1-2H3/t16-/m0/s1. The van der Waals surface area contributed by atoms with E-state index in [1.54, 1.807) is 18.6 Å². The molecule has 130 valence electrons. The fourth-order valence-electron chi connectivity index (χ4n) is 3.52. The molecule has 3 aromatic heterocycles. The topological polar surface area (TPSA) is 68.8 Å². The van der Waals surface area contributed by atoms with E-state index in [0.29, 0.717) is 5.56 Å². The fourth-order valence-corrected chi connectivity index (χ4v) is 3.52. The maximum absolute atomic E-state index is 13.0. The number of likely N-dealkylation sites (tertiary alicyclic amines) is 1. The van der Waals surface area contributed by atoms with Gasteiger partial charge in [-0.05, 0) is 38.8 Å². The van der Waals surface area contributed by atoms with Gasteiger partial charge >= 0.3 is 0 Å². The largest absolute Gasteiger partial charge is 0.334 e. The van der Waals surface area contributed by atoms with Crippen LogP contribution in [-0.4, -0.2) is 47.9 Å². The third-order valence-corrected chi connectivity index (χ3v) is 4.76. The fraction of sp³-hybridized carbons (Fsp3) is 0.444. The maximum atomic E-state index is 13.0. The minimum atomic E-state index is 0.0429. The lowest BCUT2D eigenvalue weighted by Crippen LogP contribution is -2.38. The van der Waals surface area contributed by atoms with Gasteiger partial charge < -0.3 is 4.90 Å². The van der Waals surface area contributed by atoms with Crippen molar-refractivity contribution in [1.82, 2.24) is 29.4 Å². The molecule has 0 bridgehead atoms. The molecular weight excluding hydrogens is 316 g/mol. The molecule has 0 saturated carbocycles. The molecule has 0 unspecified atom stereocenters. The SMILES string of the molecule is CC(C)n1ncc2cc(C(=O)N3CCC[C@H]3Cn3cccn3)cnc21. The van der Waals surface area contributed by atoms with Crippen LogP contribution in [0.15, 0.2) is 36.9 Å². The van der Waals surface area contributed by atoms with Gasteiger partial charge in [0, 0.05) is 36.6 Å². The Labute approximate surface area is 146 Å². The number of carbonyl (C=O) groups excluding carboxylic acids is 1. The highest BCUT2D eigenvalue weighted by molar-refractivity contribution is 5.97. The van der Waals surface area contributed by atoms with E-state index in [4.69, 9.17) is 0 Å². The second-order valence-electron chi connectivity index (χ2n) is 6.84. The smallest absolute Gasteiger partial charge is 0.255 e. The third-order valence-electron chi connectivity index (χ3n) is 4.76. The Bertz CT molecular complexity index is 882. The highest BCUT2D eigenvalue weighted by Crippen LogP contribution is 2.23. The molecule has 4 heterocycles. The molecule has 0 radical (unpaired) electrons. The summed E-state index contributed by atoms with van der Waals surface area (Å²) in [6.45, 7) is 5.66. The molecule has 1 fully saturated rings. The van der Waals surface area contributed by atoms with E-state index in [-0.39, 0.29) is 18.0 Å². The molecule has 7 nitrogen and oxygen atoms in total. The van der Waals surface area contributed by atoms with Gasteiger partial charge in [-0.3, -0.25) is 9.48 Å². The molecule has 0 N–H and O–H groups in total. The summed E-state index contributed by atoms with van der Waals surface area (Å²) in [5.41, 5.74) is 1.45. The first-order valence-electron chi connectivity index (χ1n) is 8.75. The summed E-state index contributed by atoms with van der Waals surface area (Å²) in [7, 11) is 0. The van der Waals surface area contributed by atoms with Crippen LogP contribution in [0.3, 0.4) is 0 Å². The number of pyridine rings is 1. The predicted molar refractivity (Wildman–Crippen MR) is 94.2 cm³/mol. The molecule has 0 aromatic carbocycles. The Morgan fingerprint density at radius 2 is 2.20 bits per heavy atom. The molecule has 25 heavy (non-hydrogen) atoms. The summed E-state index contributed by atoms with van der Waals surface area (Å²) in [4.78, 5) is 19.4. The first-order valence-corrected chi connectivity index (χ1v) is 8.75. The number of carbonyl (C=O) groups is 1. The van der Waals surface area contributed by atoms with Crippen LogP contribution >= 0.6 is 0 Å². The zero-order valence-electron chi connectivity index (χ0n) is 14.5. The van der Waals surface area contributed by atoms with Gasteiger partial charge in [0.15, 0.2) is 5.65 Å². The van der Waals surface area contributed by atoms with Gasteiger partial charge in [0.2, 0.25) is 0 Å². The van der Waals surface area contributed by atoms with Crippen LogP contribution in [-0.2, 0) is 6.54 Å². The van der Waals surface area contributed by atoms with E-state index >= 15 is 0 Å². The van der Waals surface area contributed by atoms with Crippen molar-refractivity contribution in [2.75, 3.05) is 6.54 Å². The van der Waals surface area contributed by atoms with Crippen molar-refractivity contribution in [3.8, 4) is 0 Å². The summed E-state index contributed by atoms with van der Waals surface area (Å²) in [5, 5.41) is 9.54. The Hall–Kier alpha value is -2.70. The van der Waals surface area contributed by atoms with Crippen molar-refractivity contribution in [1.29, 1.82) is 0 Å². The molecule has 1 atom stereocenters. The van der Waals surface area contributed by atoms with Gasteiger partial charge in [-0.25, -0.2) is 9.67 Å². The second-order valence-corrected chi connectivity index (χ2v) is 6.84. The summed E-state index contributed by atoms with van der Waals surface area (Å²) < 4.78 is 3.77. The van der Waals surface area contributed by atoms with Crippen LogP contribution in [0.4, 0.5) is 0 Å². The van der Waals surface area contributed by atoms with Crippen LogP contribution in [0.25, 0.3) is 11.0 Å². The summed E-state index contributed by atoms with van der Waals surface area (Å²) in [5.74, 6) is 0.0429. The minimum absolute atomic E-state index is 0.0429. The Kier molecular flexibility index (Phi) is 3.99. The van der Waals surface area contributed by atoms with Crippen molar-refractivity contribution in [2.24, 2.45) is 0 Å². The predicted octanol–water partition coefficient (Wildman–Crippen LogP) is 2.51. The Morgan fingerprint density at radius 3 is 2.96 bits per heavy atom. The van der Waals surface area contributed by atoms with E-state index < -0.39 is 0 Å². The lowest BCUT2D eigenvalue weighted by molar-refractivity contribution is 0.0721. The average Bonchev–Trinajstić information content (AvgIpc) is 3.34. The molecule has 1 aliphatic heterocycles. The number of hydrogen-bond acceptors (Lipinski definition) is 4. The Balaban J connectivity index is 1.58. The number of fused-ring (bicyclic) bond motifs is 1. The number of amides is 1. The maximum Gasteiger partial charge on any atom is 0.255 e. The Morgan fingerprint density at radius 1 is 1.32 bits per heavy atom. The van der Waals surface area contributed by atoms with E-state index in [2.05, 4.69) is 29.0 Å². The highest BCUT2D eigenvalue weighted by atomic mass is 16.2. The van der Waals surface area contributed by atoms with Crippen LogP contribution in [0.1, 0.15) is 43.1 Å². The first-order chi connectivity index (χ1) is 12.1. The molecule has 0 spiro atoms. The normalized spacial score (nSPS) is 17.7. The lowest BCUT2D eigenvalue weighted by atomic mass is 10.2. The quantitative estimate of drug-likeness (QED) is 0.733. The van der Waals surface area contributed by atoms with Crippen molar-refractivity contribution in [3.05, 3.63) is 42.5 Å². The summed E-state index contributed by atoms with van der Waals surface area (Å²) >= 11 is 0. The minimum Gasteiger partial charge on any atom is -0.334 e. The van der Waals surface area contributed by atoms with Gasteiger partial charge in [0.25, 0.3) is 5.91 Å². The number of hydrogen-bond donors (Lipinski definition) is 0. The second kappa shape index (κ2) is 6.31. The number of aromatic nitrogens is 5. The van der Waals surface area contributed by atoms with Crippen LogP contribution < -0.4 is 0 Å². The molecule has 4 rings (SSSR count). The van der Waals surface area contributed by atoms with E-state index in [9.17, 15) is 4.79 Å². The number of nitrogens with zero attached hydrogens (tertiary/aromatic N) is 6. The number of rotatable bonds is 4. The highest BCUT2D eigenvalue weighted by Gasteiger charge is 2.30.